The van der Waals surface area contributed by atoms with Gasteiger partial charge in [-0.15, -0.1) is 0 Å². The summed E-state index contributed by atoms with van der Waals surface area (Å²) < 4.78 is 18.9. The van der Waals surface area contributed by atoms with E-state index in [4.69, 9.17) is 4.74 Å². The first kappa shape index (κ1) is 16.1. The minimum absolute atomic E-state index is 0.0644. The van der Waals surface area contributed by atoms with Gasteiger partial charge in [-0.25, -0.2) is 4.39 Å². The molecule has 23 heavy (non-hydrogen) atoms. The normalized spacial score (nSPS) is 21.0. The van der Waals surface area contributed by atoms with Gasteiger partial charge in [0, 0.05) is 31.3 Å². The lowest BCUT2D eigenvalue weighted by Gasteiger charge is -2.33. The minimum Gasteiger partial charge on any atom is -0.380 e. The molecule has 1 aromatic heterocycles. The molecular formula is C19H23FN2O. The minimum atomic E-state index is -0.194. The first-order valence-corrected chi connectivity index (χ1v) is 8.02. The zero-order chi connectivity index (χ0) is 16.3. The number of hydrogen-bond donors (Lipinski definition) is 0. The van der Waals surface area contributed by atoms with Crippen molar-refractivity contribution in [3.8, 4) is 0 Å². The maximum atomic E-state index is 13.2. The molecular weight excluding hydrogens is 291 g/mol. The van der Waals surface area contributed by atoms with Crippen LogP contribution >= 0.6 is 0 Å². The van der Waals surface area contributed by atoms with Gasteiger partial charge in [-0.05, 0) is 49.7 Å². The van der Waals surface area contributed by atoms with Gasteiger partial charge in [-0.3, -0.25) is 9.88 Å². The highest BCUT2D eigenvalue weighted by atomic mass is 19.1. The van der Waals surface area contributed by atoms with Crippen molar-refractivity contribution in [3.05, 3.63) is 65.2 Å². The molecule has 4 heteroatoms. The second kappa shape index (κ2) is 6.77. The molecule has 2 aromatic rings. The third kappa shape index (κ3) is 3.59. The molecule has 2 heterocycles. The van der Waals surface area contributed by atoms with Crippen molar-refractivity contribution in [2.75, 3.05) is 26.8 Å². The van der Waals surface area contributed by atoms with Gasteiger partial charge in [0.2, 0.25) is 0 Å². The molecule has 1 fully saturated rings. The molecule has 0 N–H and O–H groups in total. The van der Waals surface area contributed by atoms with E-state index in [0.29, 0.717) is 6.61 Å². The molecule has 0 amide bonds. The molecule has 0 unspecified atom stereocenters. The van der Waals surface area contributed by atoms with E-state index in [1.54, 1.807) is 0 Å². The van der Waals surface area contributed by atoms with Gasteiger partial charge in [0.25, 0.3) is 0 Å². The highest BCUT2D eigenvalue weighted by Gasteiger charge is 2.37. The van der Waals surface area contributed by atoms with Crippen molar-refractivity contribution in [2.24, 2.45) is 0 Å². The van der Waals surface area contributed by atoms with E-state index in [1.807, 2.05) is 24.4 Å². The first-order valence-electron chi connectivity index (χ1n) is 8.02. The summed E-state index contributed by atoms with van der Waals surface area (Å²) in [6.07, 6.45) is 2.80. The molecule has 122 valence electrons. The van der Waals surface area contributed by atoms with Crippen molar-refractivity contribution < 1.29 is 9.13 Å². The van der Waals surface area contributed by atoms with Gasteiger partial charge in [0.1, 0.15) is 5.82 Å². The Hall–Kier alpha value is -1.78. The predicted octanol–water partition coefficient (Wildman–Crippen LogP) is 3.32. The topological polar surface area (TPSA) is 25.4 Å². The van der Waals surface area contributed by atoms with Gasteiger partial charge in [-0.1, -0.05) is 18.2 Å². The molecule has 1 aromatic carbocycles. The Bertz CT molecular complexity index is 651. The Balaban J connectivity index is 1.77. The summed E-state index contributed by atoms with van der Waals surface area (Å²) in [6.45, 7) is 5.20. The third-order valence-corrected chi connectivity index (χ3v) is 4.67. The Morgan fingerprint density at radius 2 is 2.04 bits per heavy atom. The maximum absolute atomic E-state index is 13.2. The van der Waals surface area contributed by atoms with E-state index >= 15 is 0 Å². The molecule has 0 bridgehead atoms. The number of aryl methyl sites for hydroxylation is 1. The number of ether oxygens (including phenoxy) is 1. The molecule has 1 saturated heterocycles. The van der Waals surface area contributed by atoms with Crippen molar-refractivity contribution >= 4 is 0 Å². The van der Waals surface area contributed by atoms with Crippen molar-refractivity contribution in [3.63, 3.8) is 0 Å². The predicted molar refractivity (Wildman–Crippen MR) is 88.8 cm³/mol. The molecule has 0 spiro atoms. The number of aromatic nitrogens is 1. The highest BCUT2D eigenvalue weighted by Crippen LogP contribution is 2.34. The van der Waals surface area contributed by atoms with Crippen LogP contribution in [0.4, 0.5) is 4.39 Å². The number of benzene rings is 1. The van der Waals surface area contributed by atoms with E-state index < -0.39 is 0 Å². The van der Waals surface area contributed by atoms with Crippen LogP contribution in [-0.4, -0.2) is 36.7 Å². The summed E-state index contributed by atoms with van der Waals surface area (Å²) in [5.74, 6) is -0.194. The molecule has 1 aliphatic heterocycles. The van der Waals surface area contributed by atoms with Crippen molar-refractivity contribution in [1.82, 2.24) is 9.88 Å². The molecule has 3 rings (SSSR count). The molecule has 1 atom stereocenters. The number of likely N-dealkylation sites (N-methyl/N-ethyl adjacent to an activating group) is 1. The Kier molecular flexibility index (Phi) is 4.74. The smallest absolute Gasteiger partial charge is 0.123 e. The lowest BCUT2D eigenvalue weighted by atomic mass is 9.79. The van der Waals surface area contributed by atoms with E-state index in [-0.39, 0.29) is 11.2 Å². The van der Waals surface area contributed by atoms with Crippen molar-refractivity contribution in [2.45, 2.75) is 25.3 Å². The second-order valence-corrected chi connectivity index (χ2v) is 6.53. The third-order valence-electron chi connectivity index (χ3n) is 4.67. The number of rotatable bonds is 5. The second-order valence-electron chi connectivity index (χ2n) is 6.53. The van der Waals surface area contributed by atoms with Crippen LogP contribution in [0.5, 0.6) is 0 Å². The van der Waals surface area contributed by atoms with Crippen LogP contribution in [0.15, 0.2) is 42.6 Å². The summed E-state index contributed by atoms with van der Waals surface area (Å²) in [5.41, 5.74) is 3.40. The molecule has 0 saturated carbocycles. The van der Waals surface area contributed by atoms with Gasteiger partial charge in [0.15, 0.2) is 0 Å². The van der Waals surface area contributed by atoms with Crippen LogP contribution < -0.4 is 0 Å². The number of halogens is 1. The maximum Gasteiger partial charge on any atom is 0.123 e. The summed E-state index contributed by atoms with van der Waals surface area (Å²) in [4.78, 5) is 6.76. The SMILES string of the molecule is Cc1cccnc1CN(C)C[C@@]1(c2ccc(F)cc2)CCOC1. The zero-order valence-electron chi connectivity index (χ0n) is 13.8. The van der Waals surface area contributed by atoms with Gasteiger partial charge in [-0.2, -0.15) is 0 Å². The fourth-order valence-corrected chi connectivity index (χ4v) is 3.37. The van der Waals surface area contributed by atoms with Gasteiger partial charge < -0.3 is 4.74 Å². The van der Waals surface area contributed by atoms with Crippen molar-refractivity contribution in [1.29, 1.82) is 0 Å². The van der Waals surface area contributed by atoms with Crippen LogP contribution in [-0.2, 0) is 16.7 Å². The van der Waals surface area contributed by atoms with Gasteiger partial charge >= 0.3 is 0 Å². The van der Waals surface area contributed by atoms with E-state index in [9.17, 15) is 4.39 Å². The summed E-state index contributed by atoms with van der Waals surface area (Å²) in [6, 6.07) is 10.9. The Morgan fingerprint density at radius 1 is 1.26 bits per heavy atom. The average Bonchev–Trinajstić information content (AvgIpc) is 3.00. The van der Waals surface area contributed by atoms with Crippen LogP contribution in [0, 0.1) is 12.7 Å². The quantitative estimate of drug-likeness (QED) is 0.846. The highest BCUT2D eigenvalue weighted by molar-refractivity contribution is 5.28. The van der Waals surface area contributed by atoms with Crippen LogP contribution in [0.25, 0.3) is 0 Å². The zero-order valence-corrected chi connectivity index (χ0v) is 13.8. The Morgan fingerprint density at radius 3 is 2.70 bits per heavy atom. The first-order chi connectivity index (χ1) is 11.1. The van der Waals surface area contributed by atoms with Gasteiger partial charge in [0.05, 0.1) is 12.3 Å². The molecule has 0 radical (unpaired) electrons. The van der Waals surface area contributed by atoms with E-state index in [0.717, 1.165) is 37.4 Å². The fourth-order valence-electron chi connectivity index (χ4n) is 3.37. The van der Waals surface area contributed by atoms with Crippen LogP contribution in [0.2, 0.25) is 0 Å². The Labute approximate surface area is 137 Å². The lowest BCUT2D eigenvalue weighted by Crippen LogP contribution is -2.39. The monoisotopic (exact) mass is 314 g/mol. The van der Waals surface area contributed by atoms with Crippen LogP contribution in [0.1, 0.15) is 23.2 Å². The number of pyridine rings is 1. The number of nitrogens with zero attached hydrogens (tertiary/aromatic N) is 2. The summed E-state index contributed by atoms with van der Waals surface area (Å²) in [7, 11) is 2.11. The largest absolute Gasteiger partial charge is 0.380 e. The summed E-state index contributed by atoms with van der Waals surface area (Å²) in [5, 5.41) is 0. The fraction of sp³-hybridized carbons (Fsp3) is 0.421. The molecule has 1 aliphatic rings. The van der Waals surface area contributed by atoms with E-state index in [1.165, 1.54) is 17.7 Å². The molecule has 3 nitrogen and oxygen atoms in total. The summed E-state index contributed by atoms with van der Waals surface area (Å²) >= 11 is 0. The number of hydrogen-bond acceptors (Lipinski definition) is 3. The van der Waals surface area contributed by atoms with E-state index in [2.05, 4.69) is 29.9 Å². The van der Waals surface area contributed by atoms with Crippen LogP contribution in [0.3, 0.4) is 0 Å². The lowest BCUT2D eigenvalue weighted by molar-refractivity contribution is 0.157. The standard InChI is InChI=1S/C19H23FN2O/c1-15-4-3-10-21-18(15)12-22(2)13-19(9-11-23-14-19)16-5-7-17(20)8-6-16/h3-8,10H,9,11-14H2,1-2H3/t19-/m0/s1. The molecule has 0 aliphatic carbocycles. The average molecular weight is 314 g/mol.